The lowest BCUT2D eigenvalue weighted by Gasteiger charge is -2.32. The van der Waals surface area contributed by atoms with E-state index in [-0.39, 0.29) is 24.6 Å². The smallest absolute Gasteiger partial charge is 0.378 e. The van der Waals surface area contributed by atoms with Crippen LogP contribution in [0.1, 0.15) is 24.0 Å². The molecule has 0 radical (unpaired) electrons. The first kappa shape index (κ1) is 22.7. The number of piperidine rings is 1. The van der Waals surface area contributed by atoms with Gasteiger partial charge in [0.15, 0.2) is 0 Å². The summed E-state index contributed by atoms with van der Waals surface area (Å²) in [5.41, 5.74) is 0.117. The summed E-state index contributed by atoms with van der Waals surface area (Å²) >= 11 is 0. The first-order chi connectivity index (χ1) is 14.6. The number of nitrogens with zero attached hydrogens (tertiary/aromatic N) is 2. The zero-order valence-corrected chi connectivity index (χ0v) is 17.6. The maximum absolute atomic E-state index is 13.5. The van der Waals surface area contributed by atoms with E-state index in [1.807, 2.05) is 30.3 Å². The summed E-state index contributed by atoms with van der Waals surface area (Å²) in [5.74, 6) is -1.14. The van der Waals surface area contributed by atoms with Gasteiger partial charge in [-0.05, 0) is 36.6 Å². The van der Waals surface area contributed by atoms with Crippen LogP contribution in [0.25, 0.3) is 0 Å². The number of likely N-dealkylation sites (tertiary alicyclic amines) is 1. The van der Waals surface area contributed by atoms with Crippen LogP contribution in [0, 0.1) is 5.92 Å². The van der Waals surface area contributed by atoms with Gasteiger partial charge in [-0.15, -0.1) is 0 Å². The van der Waals surface area contributed by atoms with Gasteiger partial charge >= 0.3 is 6.18 Å². The SMILES string of the molecule is CN(C)c1ccc(NC(=O)C2CCCN(C(=O)Cc3ccccc3)C2)c(C(F)(F)F)c1. The molecule has 31 heavy (non-hydrogen) atoms. The largest absolute Gasteiger partial charge is 0.418 e. The molecule has 1 atom stereocenters. The summed E-state index contributed by atoms with van der Waals surface area (Å²) in [7, 11) is 3.30. The molecule has 166 valence electrons. The highest BCUT2D eigenvalue weighted by molar-refractivity contribution is 5.94. The van der Waals surface area contributed by atoms with E-state index < -0.39 is 23.6 Å². The number of anilines is 2. The minimum atomic E-state index is -4.60. The van der Waals surface area contributed by atoms with Gasteiger partial charge in [-0.1, -0.05) is 30.3 Å². The van der Waals surface area contributed by atoms with E-state index in [9.17, 15) is 22.8 Å². The van der Waals surface area contributed by atoms with Crippen LogP contribution in [0.2, 0.25) is 0 Å². The summed E-state index contributed by atoms with van der Waals surface area (Å²) in [6, 6.07) is 13.1. The zero-order chi connectivity index (χ0) is 22.6. The van der Waals surface area contributed by atoms with Crippen molar-refractivity contribution in [3.05, 3.63) is 59.7 Å². The Morgan fingerprint density at radius 3 is 2.48 bits per heavy atom. The minimum absolute atomic E-state index is 0.0879. The Bertz CT molecular complexity index is 929. The minimum Gasteiger partial charge on any atom is -0.378 e. The van der Waals surface area contributed by atoms with Gasteiger partial charge in [0.1, 0.15) is 0 Å². The van der Waals surface area contributed by atoms with Crippen molar-refractivity contribution in [1.29, 1.82) is 0 Å². The molecule has 2 aromatic carbocycles. The van der Waals surface area contributed by atoms with Crippen molar-refractivity contribution < 1.29 is 22.8 Å². The predicted molar refractivity (Wildman–Crippen MR) is 114 cm³/mol. The molecule has 1 unspecified atom stereocenters. The Balaban J connectivity index is 1.69. The van der Waals surface area contributed by atoms with Crippen LogP contribution >= 0.6 is 0 Å². The molecule has 0 saturated carbocycles. The van der Waals surface area contributed by atoms with Crippen molar-refractivity contribution in [1.82, 2.24) is 4.90 Å². The van der Waals surface area contributed by atoms with Crippen LogP contribution in [0.3, 0.4) is 0 Å². The molecular formula is C23H26F3N3O2. The summed E-state index contributed by atoms with van der Waals surface area (Å²) in [4.78, 5) is 28.6. The molecule has 3 rings (SSSR count). The third-order valence-corrected chi connectivity index (χ3v) is 5.43. The highest BCUT2D eigenvalue weighted by Crippen LogP contribution is 2.37. The molecule has 0 aromatic heterocycles. The molecule has 1 saturated heterocycles. The maximum atomic E-state index is 13.5. The fraction of sp³-hybridized carbons (Fsp3) is 0.391. The Hall–Kier alpha value is -3.03. The van der Waals surface area contributed by atoms with E-state index in [0.29, 0.717) is 25.1 Å². The van der Waals surface area contributed by atoms with Gasteiger partial charge < -0.3 is 15.1 Å². The summed E-state index contributed by atoms with van der Waals surface area (Å²) in [5, 5.41) is 2.45. The Kier molecular flexibility index (Phi) is 6.87. The normalized spacial score (nSPS) is 16.7. The Labute approximate surface area is 179 Å². The molecular weight excluding hydrogens is 407 g/mol. The second kappa shape index (κ2) is 9.41. The third kappa shape index (κ3) is 5.77. The molecule has 8 heteroatoms. The van der Waals surface area contributed by atoms with Crippen molar-refractivity contribution in [2.75, 3.05) is 37.4 Å². The Morgan fingerprint density at radius 1 is 1.13 bits per heavy atom. The number of carbonyl (C=O) groups is 2. The average molecular weight is 433 g/mol. The molecule has 0 aliphatic carbocycles. The quantitative estimate of drug-likeness (QED) is 0.769. The van der Waals surface area contributed by atoms with Gasteiger partial charge in [-0.3, -0.25) is 9.59 Å². The predicted octanol–water partition coefficient (Wildman–Crippen LogP) is 4.19. The first-order valence-corrected chi connectivity index (χ1v) is 10.2. The van der Waals surface area contributed by atoms with Gasteiger partial charge in [-0.25, -0.2) is 0 Å². The summed E-state index contributed by atoms with van der Waals surface area (Å²) in [6.07, 6.45) is -3.21. The fourth-order valence-electron chi connectivity index (χ4n) is 3.69. The number of rotatable bonds is 5. The van der Waals surface area contributed by atoms with E-state index >= 15 is 0 Å². The van der Waals surface area contributed by atoms with Gasteiger partial charge in [0.05, 0.1) is 23.6 Å². The lowest BCUT2D eigenvalue weighted by atomic mass is 9.96. The summed E-state index contributed by atoms with van der Waals surface area (Å²) < 4.78 is 40.6. The molecule has 0 bridgehead atoms. The molecule has 1 heterocycles. The Morgan fingerprint density at radius 2 is 1.84 bits per heavy atom. The first-order valence-electron chi connectivity index (χ1n) is 10.2. The molecule has 5 nitrogen and oxygen atoms in total. The highest BCUT2D eigenvalue weighted by atomic mass is 19.4. The van der Waals surface area contributed by atoms with Crippen LogP contribution in [0.4, 0.5) is 24.5 Å². The van der Waals surface area contributed by atoms with Gasteiger partial charge in [0.2, 0.25) is 11.8 Å². The van der Waals surface area contributed by atoms with Crippen LogP contribution in [0.15, 0.2) is 48.5 Å². The molecule has 1 N–H and O–H groups in total. The second-order valence-electron chi connectivity index (χ2n) is 7.95. The number of halogens is 3. The highest BCUT2D eigenvalue weighted by Gasteiger charge is 2.35. The van der Waals surface area contributed by atoms with Crippen molar-refractivity contribution >= 4 is 23.2 Å². The lowest BCUT2D eigenvalue weighted by Crippen LogP contribution is -2.44. The number of hydrogen-bond acceptors (Lipinski definition) is 3. The van der Waals surface area contributed by atoms with Gasteiger partial charge in [0, 0.05) is 32.9 Å². The summed E-state index contributed by atoms with van der Waals surface area (Å²) in [6.45, 7) is 0.745. The maximum Gasteiger partial charge on any atom is 0.418 e. The number of hydrogen-bond donors (Lipinski definition) is 1. The van der Waals surface area contributed by atoms with Crippen molar-refractivity contribution in [3.8, 4) is 0 Å². The monoisotopic (exact) mass is 433 g/mol. The van der Waals surface area contributed by atoms with E-state index in [0.717, 1.165) is 11.6 Å². The molecule has 1 aliphatic rings. The molecule has 1 fully saturated rings. The zero-order valence-electron chi connectivity index (χ0n) is 17.6. The molecule has 0 spiro atoms. The van der Waals surface area contributed by atoms with E-state index in [2.05, 4.69) is 5.32 Å². The molecule has 1 aliphatic heterocycles. The van der Waals surface area contributed by atoms with Crippen molar-refractivity contribution in [2.24, 2.45) is 5.92 Å². The number of benzene rings is 2. The van der Waals surface area contributed by atoms with Crippen LogP contribution in [0.5, 0.6) is 0 Å². The van der Waals surface area contributed by atoms with Crippen LogP contribution in [-0.2, 0) is 22.2 Å². The molecule has 2 amide bonds. The van der Waals surface area contributed by atoms with Crippen molar-refractivity contribution in [2.45, 2.75) is 25.4 Å². The lowest BCUT2D eigenvalue weighted by molar-refractivity contribution is -0.137. The van der Waals surface area contributed by atoms with Crippen LogP contribution in [-0.4, -0.2) is 43.9 Å². The topological polar surface area (TPSA) is 52.7 Å². The van der Waals surface area contributed by atoms with E-state index in [1.165, 1.54) is 12.1 Å². The van der Waals surface area contributed by atoms with Gasteiger partial charge in [0.25, 0.3) is 0 Å². The second-order valence-corrected chi connectivity index (χ2v) is 7.95. The molecule has 2 aromatic rings. The standard InChI is InChI=1S/C23H26F3N3O2/c1-28(2)18-10-11-20(19(14-18)23(24,25)26)27-22(31)17-9-6-12-29(15-17)21(30)13-16-7-4-3-5-8-16/h3-5,7-8,10-11,14,17H,6,9,12-13,15H2,1-2H3,(H,27,31). The number of amides is 2. The number of alkyl halides is 3. The van der Waals surface area contributed by atoms with Crippen molar-refractivity contribution in [3.63, 3.8) is 0 Å². The van der Waals surface area contributed by atoms with Crippen LogP contribution < -0.4 is 10.2 Å². The van der Waals surface area contributed by atoms with E-state index in [4.69, 9.17) is 0 Å². The van der Waals surface area contributed by atoms with Gasteiger partial charge in [-0.2, -0.15) is 13.2 Å². The fourth-order valence-corrected chi connectivity index (χ4v) is 3.69. The van der Waals surface area contributed by atoms with E-state index in [1.54, 1.807) is 23.9 Å². The number of nitrogens with one attached hydrogen (secondary N) is 1. The number of carbonyl (C=O) groups excluding carboxylic acids is 2. The third-order valence-electron chi connectivity index (χ3n) is 5.43. The average Bonchev–Trinajstić information content (AvgIpc) is 2.74.